The van der Waals surface area contributed by atoms with Crippen molar-refractivity contribution in [2.45, 2.75) is 6.10 Å². The van der Waals surface area contributed by atoms with Gasteiger partial charge in [0.05, 0.1) is 7.11 Å². The second kappa shape index (κ2) is 4.89. The van der Waals surface area contributed by atoms with Gasteiger partial charge in [0, 0.05) is 0 Å². The number of phenolic OH excluding ortho intramolecular Hbond substituents is 1. The molecule has 0 bridgehead atoms. The molecule has 0 aromatic heterocycles. The summed E-state index contributed by atoms with van der Waals surface area (Å²) in [5, 5.41) is 19.8. The molecule has 2 rings (SSSR count). The van der Waals surface area contributed by atoms with Crippen LogP contribution in [0.2, 0.25) is 0 Å². The molecule has 3 nitrogen and oxygen atoms in total. The smallest absolute Gasteiger partial charge is 0.160 e. The van der Waals surface area contributed by atoms with Gasteiger partial charge in [-0.3, -0.25) is 0 Å². The second-order valence-corrected chi connectivity index (χ2v) is 3.74. The number of hydrogen-bond acceptors (Lipinski definition) is 3. The van der Waals surface area contributed by atoms with E-state index in [1.54, 1.807) is 12.1 Å². The Bertz CT molecular complexity index is 494. The van der Waals surface area contributed by atoms with Crippen LogP contribution in [0.4, 0.5) is 0 Å². The number of hydrogen-bond donors (Lipinski definition) is 2. The highest BCUT2D eigenvalue weighted by Crippen LogP contribution is 2.31. The monoisotopic (exact) mass is 230 g/mol. The van der Waals surface area contributed by atoms with Crippen LogP contribution in [-0.2, 0) is 0 Å². The molecule has 0 aliphatic rings. The van der Waals surface area contributed by atoms with Gasteiger partial charge in [0.25, 0.3) is 0 Å². The van der Waals surface area contributed by atoms with E-state index in [0.29, 0.717) is 11.3 Å². The molecule has 1 atom stereocenters. The first-order valence-electron chi connectivity index (χ1n) is 5.32. The highest BCUT2D eigenvalue weighted by molar-refractivity contribution is 5.44. The summed E-state index contributed by atoms with van der Waals surface area (Å²) in [5.74, 6) is 0.425. The van der Waals surface area contributed by atoms with E-state index in [0.717, 1.165) is 5.56 Å². The Hall–Kier alpha value is -2.00. The van der Waals surface area contributed by atoms with E-state index in [1.807, 2.05) is 30.3 Å². The van der Waals surface area contributed by atoms with E-state index in [4.69, 9.17) is 4.74 Å². The summed E-state index contributed by atoms with van der Waals surface area (Å²) in [6.07, 6.45) is -0.743. The molecule has 2 aromatic carbocycles. The fraction of sp³-hybridized carbons (Fsp3) is 0.143. The van der Waals surface area contributed by atoms with E-state index in [9.17, 15) is 10.2 Å². The van der Waals surface area contributed by atoms with Crippen molar-refractivity contribution in [2.24, 2.45) is 0 Å². The summed E-state index contributed by atoms with van der Waals surface area (Å²) in [7, 11) is 1.49. The molecule has 0 aliphatic heterocycles. The Kier molecular flexibility index (Phi) is 3.30. The number of aromatic hydroxyl groups is 1. The minimum atomic E-state index is -0.743. The van der Waals surface area contributed by atoms with Crippen LogP contribution in [0.5, 0.6) is 11.5 Å². The summed E-state index contributed by atoms with van der Waals surface area (Å²) >= 11 is 0. The summed E-state index contributed by atoms with van der Waals surface area (Å²) in [4.78, 5) is 0. The van der Waals surface area contributed by atoms with Crippen LogP contribution in [0.15, 0.2) is 48.5 Å². The molecule has 0 heterocycles. The van der Waals surface area contributed by atoms with E-state index >= 15 is 0 Å². The number of benzene rings is 2. The zero-order chi connectivity index (χ0) is 12.3. The lowest BCUT2D eigenvalue weighted by atomic mass is 10.0. The largest absolute Gasteiger partial charge is 0.504 e. The van der Waals surface area contributed by atoms with E-state index in [1.165, 1.54) is 13.2 Å². The molecule has 88 valence electrons. The van der Waals surface area contributed by atoms with Gasteiger partial charge in [-0.05, 0) is 23.3 Å². The number of ether oxygens (including phenoxy) is 1. The summed E-state index contributed by atoms with van der Waals surface area (Å²) in [5.41, 5.74) is 1.42. The van der Waals surface area contributed by atoms with Crippen LogP contribution in [0.25, 0.3) is 0 Å². The van der Waals surface area contributed by atoms with Crippen LogP contribution < -0.4 is 4.74 Å². The van der Waals surface area contributed by atoms with Crippen LogP contribution in [-0.4, -0.2) is 17.3 Å². The number of methoxy groups -OCH3 is 1. The van der Waals surface area contributed by atoms with Gasteiger partial charge in [0.15, 0.2) is 11.5 Å². The van der Waals surface area contributed by atoms with Gasteiger partial charge in [0.1, 0.15) is 6.10 Å². The predicted molar refractivity (Wildman–Crippen MR) is 65.2 cm³/mol. The van der Waals surface area contributed by atoms with Gasteiger partial charge in [-0.15, -0.1) is 0 Å². The molecule has 0 saturated carbocycles. The van der Waals surface area contributed by atoms with E-state index < -0.39 is 6.10 Å². The number of rotatable bonds is 3. The van der Waals surface area contributed by atoms with Crippen molar-refractivity contribution in [3.05, 3.63) is 59.7 Å². The maximum atomic E-state index is 10.1. The van der Waals surface area contributed by atoms with Crippen molar-refractivity contribution in [3.8, 4) is 11.5 Å². The lowest BCUT2D eigenvalue weighted by Crippen LogP contribution is -1.99. The molecule has 0 saturated heterocycles. The number of aliphatic hydroxyl groups is 1. The van der Waals surface area contributed by atoms with E-state index in [-0.39, 0.29) is 5.75 Å². The Morgan fingerprint density at radius 1 is 1.00 bits per heavy atom. The third-order valence-electron chi connectivity index (χ3n) is 2.63. The summed E-state index contributed by atoms with van der Waals surface area (Å²) in [6, 6.07) is 14.2. The standard InChI is InChI=1S/C14H14O3/c1-17-13-8-7-11(9-12(13)15)14(16)10-5-3-2-4-6-10/h2-9,14-16H,1H3. The van der Waals surface area contributed by atoms with Crippen molar-refractivity contribution >= 4 is 0 Å². The van der Waals surface area contributed by atoms with Crippen molar-refractivity contribution in [2.75, 3.05) is 7.11 Å². The third-order valence-corrected chi connectivity index (χ3v) is 2.63. The molecular weight excluding hydrogens is 216 g/mol. The quantitative estimate of drug-likeness (QED) is 0.851. The van der Waals surface area contributed by atoms with Gasteiger partial charge in [-0.25, -0.2) is 0 Å². The van der Waals surface area contributed by atoms with Crippen LogP contribution >= 0.6 is 0 Å². The van der Waals surface area contributed by atoms with Crippen molar-refractivity contribution in [3.63, 3.8) is 0 Å². The van der Waals surface area contributed by atoms with Crippen molar-refractivity contribution in [1.29, 1.82) is 0 Å². The highest BCUT2D eigenvalue weighted by Gasteiger charge is 2.12. The Balaban J connectivity index is 2.32. The van der Waals surface area contributed by atoms with E-state index in [2.05, 4.69) is 0 Å². The first-order chi connectivity index (χ1) is 8.22. The Labute approximate surface area is 99.9 Å². The Morgan fingerprint density at radius 3 is 2.29 bits per heavy atom. The lowest BCUT2D eigenvalue weighted by molar-refractivity contribution is 0.219. The minimum Gasteiger partial charge on any atom is -0.504 e. The normalized spacial score (nSPS) is 12.1. The third kappa shape index (κ3) is 2.40. The molecule has 17 heavy (non-hydrogen) atoms. The van der Waals surface area contributed by atoms with Crippen molar-refractivity contribution < 1.29 is 14.9 Å². The van der Waals surface area contributed by atoms with Crippen LogP contribution in [0, 0.1) is 0 Å². The predicted octanol–water partition coefficient (Wildman–Crippen LogP) is 2.48. The molecule has 0 amide bonds. The summed E-state index contributed by atoms with van der Waals surface area (Å²) in [6.45, 7) is 0. The zero-order valence-electron chi connectivity index (χ0n) is 9.50. The first-order valence-corrected chi connectivity index (χ1v) is 5.32. The fourth-order valence-electron chi connectivity index (χ4n) is 1.70. The molecular formula is C14H14O3. The van der Waals surface area contributed by atoms with Gasteiger partial charge in [0.2, 0.25) is 0 Å². The average Bonchev–Trinajstić information content (AvgIpc) is 2.39. The maximum absolute atomic E-state index is 10.1. The fourth-order valence-corrected chi connectivity index (χ4v) is 1.70. The average molecular weight is 230 g/mol. The lowest BCUT2D eigenvalue weighted by Gasteiger charge is -2.12. The molecule has 1 unspecified atom stereocenters. The molecule has 2 N–H and O–H groups in total. The maximum Gasteiger partial charge on any atom is 0.160 e. The molecule has 2 aromatic rings. The van der Waals surface area contributed by atoms with Crippen molar-refractivity contribution in [1.82, 2.24) is 0 Å². The van der Waals surface area contributed by atoms with Gasteiger partial charge >= 0.3 is 0 Å². The van der Waals surface area contributed by atoms with Gasteiger partial charge in [-0.2, -0.15) is 0 Å². The molecule has 0 spiro atoms. The Morgan fingerprint density at radius 2 is 1.71 bits per heavy atom. The highest BCUT2D eigenvalue weighted by atomic mass is 16.5. The summed E-state index contributed by atoms with van der Waals surface area (Å²) < 4.78 is 4.95. The zero-order valence-corrected chi connectivity index (χ0v) is 9.50. The minimum absolute atomic E-state index is 0.0278. The first kappa shape index (κ1) is 11.5. The van der Waals surface area contributed by atoms with Gasteiger partial charge in [-0.1, -0.05) is 36.4 Å². The molecule has 0 aliphatic carbocycles. The second-order valence-electron chi connectivity index (χ2n) is 3.74. The number of phenols is 1. The number of aliphatic hydroxyl groups excluding tert-OH is 1. The van der Waals surface area contributed by atoms with Crippen LogP contribution in [0.3, 0.4) is 0 Å². The van der Waals surface area contributed by atoms with Gasteiger partial charge < -0.3 is 14.9 Å². The molecule has 3 heteroatoms. The molecule has 0 radical (unpaired) electrons. The topological polar surface area (TPSA) is 49.7 Å². The SMILES string of the molecule is COc1ccc(C(O)c2ccccc2)cc1O. The van der Waals surface area contributed by atoms with Crippen LogP contribution in [0.1, 0.15) is 17.2 Å². The molecule has 0 fully saturated rings.